The third kappa shape index (κ3) is 3.30. The third-order valence-electron chi connectivity index (χ3n) is 2.58. The molecule has 2 nitrogen and oxygen atoms in total. The van der Waals surface area contributed by atoms with Crippen molar-refractivity contribution in [2.45, 2.75) is 6.92 Å². The Morgan fingerprint density at radius 2 is 2.00 bits per heavy atom. The zero-order chi connectivity index (χ0) is 14.0. The number of rotatable bonds is 3. The zero-order valence-corrected chi connectivity index (χ0v) is 12.5. The van der Waals surface area contributed by atoms with Crippen LogP contribution in [0.1, 0.15) is 11.1 Å². The fourth-order valence-corrected chi connectivity index (χ4v) is 2.07. The van der Waals surface area contributed by atoms with E-state index in [1.54, 1.807) is 31.2 Å². The fourth-order valence-electron chi connectivity index (χ4n) is 1.55. The van der Waals surface area contributed by atoms with Crippen LogP contribution in [-0.2, 0) is 0 Å². The highest BCUT2D eigenvalue weighted by Gasteiger charge is 2.09. The lowest BCUT2D eigenvalue weighted by Gasteiger charge is -2.11. The van der Waals surface area contributed by atoms with Crippen LogP contribution in [-0.4, -0.2) is 4.99 Å². The molecule has 2 N–H and O–H groups in total. The van der Waals surface area contributed by atoms with Gasteiger partial charge < -0.3 is 10.5 Å². The summed E-state index contributed by atoms with van der Waals surface area (Å²) in [4.78, 5) is 0.226. The molecular formula is C14H11BrFNOS. The summed E-state index contributed by atoms with van der Waals surface area (Å²) in [5, 5.41) is 0. The summed E-state index contributed by atoms with van der Waals surface area (Å²) in [6, 6.07) is 9.99. The van der Waals surface area contributed by atoms with Crippen LogP contribution in [0.2, 0.25) is 0 Å². The first-order chi connectivity index (χ1) is 8.97. The largest absolute Gasteiger partial charge is 0.457 e. The monoisotopic (exact) mass is 339 g/mol. The van der Waals surface area contributed by atoms with E-state index < -0.39 is 0 Å². The first kappa shape index (κ1) is 14.0. The normalized spacial score (nSPS) is 10.3. The molecule has 0 radical (unpaired) electrons. The van der Waals surface area contributed by atoms with Crippen molar-refractivity contribution >= 4 is 33.1 Å². The van der Waals surface area contributed by atoms with E-state index in [0.717, 1.165) is 4.47 Å². The average Bonchev–Trinajstić information content (AvgIpc) is 2.36. The second kappa shape index (κ2) is 5.67. The van der Waals surface area contributed by atoms with Crippen molar-refractivity contribution in [2.75, 3.05) is 0 Å². The van der Waals surface area contributed by atoms with Gasteiger partial charge in [0.05, 0.1) is 5.56 Å². The van der Waals surface area contributed by atoms with E-state index in [1.807, 2.05) is 6.07 Å². The lowest BCUT2D eigenvalue weighted by molar-refractivity contribution is 0.475. The summed E-state index contributed by atoms with van der Waals surface area (Å²) < 4.78 is 19.9. The van der Waals surface area contributed by atoms with Crippen LogP contribution in [0.15, 0.2) is 40.9 Å². The third-order valence-corrected chi connectivity index (χ3v) is 3.29. The number of thiocarbonyl (C=S) groups is 1. The molecule has 0 aliphatic heterocycles. The van der Waals surface area contributed by atoms with Crippen LogP contribution < -0.4 is 10.5 Å². The van der Waals surface area contributed by atoms with Gasteiger partial charge >= 0.3 is 0 Å². The Kier molecular flexibility index (Phi) is 4.17. The van der Waals surface area contributed by atoms with Gasteiger partial charge in [-0.3, -0.25) is 0 Å². The van der Waals surface area contributed by atoms with Gasteiger partial charge in [-0.05, 0) is 36.8 Å². The van der Waals surface area contributed by atoms with Gasteiger partial charge in [0.2, 0.25) is 0 Å². The van der Waals surface area contributed by atoms with Crippen molar-refractivity contribution in [1.29, 1.82) is 0 Å². The molecule has 0 saturated heterocycles. The van der Waals surface area contributed by atoms with E-state index >= 15 is 0 Å². The molecule has 0 saturated carbocycles. The van der Waals surface area contributed by atoms with Gasteiger partial charge in [0, 0.05) is 10.5 Å². The quantitative estimate of drug-likeness (QED) is 0.845. The molecule has 5 heteroatoms. The predicted molar refractivity (Wildman–Crippen MR) is 81.2 cm³/mol. The Morgan fingerprint density at radius 1 is 1.26 bits per heavy atom. The van der Waals surface area contributed by atoms with Crippen molar-refractivity contribution in [3.63, 3.8) is 0 Å². The number of aryl methyl sites for hydroxylation is 1. The maximum absolute atomic E-state index is 13.5. The number of hydrogen-bond donors (Lipinski definition) is 1. The zero-order valence-electron chi connectivity index (χ0n) is 10.1. The number of hydrogen-bond acceptors (Lipinski definition) is 2. The van der Waals surface area contributed by atoms with Crippen LogP contribution in [0.5, 0.6) is 11.5 Å². The number of nitrogens with two attached hydrogens (primary N) is 1. The minimum atomic E-state index is -0.313. The lowest BCUT2D eigenvalue weighted by atomic mass is 10.2. The van der Waals surface area contributed by atoms with Crippen molar-refractivity contribution < 1.29 is 9.13 Å². The highest BCUT2D eigenvalue weighted by atomic mass is 79.9. The molecule has 0 aliphatic carbocycles. The minimum Gasteiger partial charge on any atom is -0.457 e. The first-order valence-electron chi connectivity index (χ1n) is 5.51. The van der Waals surface area contributed by atoms with Gasteiger partial charge in [-0.25, -0.2) is 4.39 Å². The molecule has 2 aromatic rings. The second-order valence-electron chi connectivity index (χ2n) is 4.02. The summed E-state index contributed by atoms with van der Waals surface area (Å²) in [6.07, 6.45) is 0. The van der Waals surface area contributed by atoms with E-state index in [9.17, 15) is 4.39 Å². The molecule has 0 amide bonds. The van der Waals surface area contributed by atoms with E-state index in [1.165, 1.54) is 6.07 Å². The van der Waals surface area contributed by atoms with Crippen LogP contribution in [0.25, 0.3) is 0 Å². The Balaban J connectivity index is 2.37. The van der Waals surface area contributed by atoms with E-state index in [0.29, 0.717) is 22.6 Å². The maximum atomic E-state index is 13.5. The van der Waals surface area contributed by atoms with Crippen molar-refractivity contribution in [3.8, 4) is 11.5 Å². The van der Waals surface area contributed by atoms with Gasteiger partial charge in [-0.2, -0.15) is 0 Å². The molecule has 0 bridgehead atoms. The molecule has 0 aliphatic rings. The first-order valence-corrected chi connectivity index (χ1v) is 6.71. The summed E-state index contributed by atoms with van der Waals surface area (Å²) in [6.45, 7) is 1.69. The molecule has 0 fully saturated rings. The van der Waals surface area contributed by atoms with Gasteiger partial charge in [0.25, 0.3) is 0 Å². The van der Waals surface area contributed by atoms with Gasteiger partial charge in [0.1, 0.15) is 22.3 Å². The van der Waals surface area contributed by atoms with E-state index in [2.05, 4.69) is 15.9 Å². The molecule has 0 spiro atoms. The molecule has 0 aromatic heterocycles. The molecule has 19 heavy (non-hydrogen) atoms. The number of ether oxygens (including phenoxy) is 1. The topological polar surface area (TPSA) is 35.2 Å². The SMILES string of the molecule is Cc1ccc(Oc2ccc(Br)cc2C(N)=S)cc1F. The molecule has 2 rings (SSSR count). The molecule has 2 aromatic carbocycles. The lowest BCUT2D eigenvalue weighted by Crippen LogP contribution is -2.10. The second-order valence-corrected chi connectivity index (χ2v) is 5.37. The summed E-state index contributed by atoms with van der Waals surface area (Å²) in [5.74, 6) is 0.591. The summed E-state index contributed by atoms with van der Waals surface area (Å²) in [7, 11) is 0. The molecule has 0 heterocycles. The van der Waals surface area contributed by atoms with Gasteiger partial charge in [-0.1, -0.05) is 34.2 Å². The molecular weight excluding hydrogens is 329 g/mol. The number of halogens is 2. The van der Waals surface area contributed by atoms with Crippen LogP contribution in [0.4, 0.5) is 4.39 Å². The Hall–Kier alpha value is -1.46. The van der Waals surface area contributed by atoms with E-state index in [4.69, 9.17) is 22.7 Å². The minimum absolute atomic E-state index is 0.226. The van der Waals surface area contributed by atoms with Crippen LogP contribution in [0, 0.1) is 12.7 Å². The summed E-state index contributed by atoms with van der Waals surface area (Å²) >= 11 is 8.32. The Labute approximate surface area is 124 Å². The summed E-state index contributed by atoms with van der Waals surface area (Å²) in [5.41, 5.74) is 6.82. The Morgan fingerprint density at radius 3 is 2.63 bits per heavy atom. The molecule has 0 atom stereocenters. The molecule has 98 valence electrons. The average molecular weight is 340 g/mol. The van der Waals surface area contributed by atoms with Crippen molar-refractivity contribution in [2.24, 2.45) is 5.73 Å². The van der Waals surface area contributed by atoms with Gasteiger partial charge in [-0.15, -0.1) is 0 Å². The van der Waals surface area contributed by atoms with Crippen LogP contribution >= 0.6 is 28.1 Å². The smallest absolute Gasteiger partial charge is 0.137 e. The van der Waals surface area contributed by atoms with Crippen LogP contribution in [0.3, 0.4) is 0 Å². The maximum Gasteiger partial charge on any atom is 0.137 e. The van der Waals surface area contributed by atoms with Gasteiger partial charge in [0.15, 0.2) is 0 Å². The fraction of sp³-hybridized carbons (Fsp3) is 0.0714. The predicted octanol–water partition coefficient (Wildman–Crippen LogP) is 4.32. The molecule has 0 unspecified atom stereocenters. The van der Waals surface area contributed by atoms with Crippen molar-refractivity contribution in [3.05, 3.63) is 57.8 Å². The van der Waals surface area contributed by atoms with Crippen molar-refractivity contribution in [1.82, 2.24) is 0 Å². The highest BCUT2D eigenvalue weighted by molar-refractivity contribution is 9.10. The number of benzene rings is 2. The van der Waals surface area contributed by atoms with E-state index in [-0.39, 0.29) is 10.8 Å². The standard InChI is InChI=1S/C14H11BrFNOS/c1-8-2-4-10(7-12(8)16)18-13-5-3-9(15)6-11(13)14(17)19/h2-7H,1H3,(H2,17,19). The Bertz CT molecular complexity index is 645. The highest BCUT2D eigenvalue weighted by Crippen LogP contribution is 2.28.